The minimum Gasteiger partial charge on any atom is -0.495 e. The van der Waals surface area contributed by atoms with E-state index in [2.05, 4.69) is 19.9 Å². The third-order valence-corrected chi connectivity index (χ3v) is 6.81. The lowest BCUT2D eigenvalue weighted by atomic mass is 10.1. The largest absolute Gasteiger partial charge is 0.495 e. The van der Waals surface area contributed by atoms with Crippen molar-refractivity contribution < 1.29 is 17.9 Å². The molecule has 0 saturated carbocycles. The van der Waals surface area contributed by atoms with Gasteiger partial charge in [-0.05, 0) is 61.7 Å². The highest BCUT2D eigenvalue weighted by atomic mass is 32.2. The van der Waals surface area contributed by atoms with Gasteiger partial charge in [0.1, 0.15) is 5.75 Å². The number of methoxy groups -OCH3 is 1. The van der Waals surface area contributed by atoms with Crippen LogP contribution in [0.4, 0.5) is 17.2 Å². The van der Waals surface area contributed by atoms with Gasteiger partial charge in [0.15, 0.2) is 5.82 Å². The van der Waals surface area contributed by atoms with Crippen molar-refractivity contribution in [3.63, 3.8) is 0 Å². The number of aromatic nitrogens is 1. The summed E-state index contributed by atoms with van der Waals surface area (Å²) in [5, 5.41) is 2.89. The minimum absolute atomic E-state index is 0.0245. The maximum atomic E-state index is 13.0. The maximum Gasteiger partial charge on any atom is 0.262 e. The van der Waals surface area contributed by atoms with Crippen molar-refractivity contribution in [2.24, 2.45) is 0 Å². The first-order valence-electron chi connectivity index (χ1n) is 10.8. The number of carbonyl (C=O) groups is 1. The molecule has 0 atom stereocenters. The van der Waals surface area contributed by atoms with Crippen LogP contribution in [0.2, 0.25) is 0 Å². The zero-order valence-corrected chi connectivity index (χ0v) is 19.1. The molecule has 1 aliphatic rings. The Morgan fingerprint density at radius 2 is 1.73 bits per heavy atom. The van der Waals surface area contributed by atoms with Crippen LogP contribution in [0.1, 0.15) is 29.6 Å². The summed E-state index contributed by atoms with van der Waals surface area (Å²) in [5.41, 5.74) is 1.15. The monoisotopic (exact) mass is 466 g/mol. The van der Waals surface area contributed by atoms with Crippen LogP contribution >= 0.6 is 0 Å². The molecule has 1 amide bonds. The van der Waals surface area contributed by atoms with E-state index in [1.807, 2.05) is 0 Å². The van der Waals surface area contributed by atoms with Crippen LogP contribution in [0.15, 0.2) is 71.8 Å². The summed E-state index contributed by atoms with van der Waals surface area (Å²) in [7, 11) is -2.46. The van der Waals surface area contributed by atoms with E-state index in [0.717, 1.165) is 31.7 Å². The molecule has 2 aromatic carbocycles. The molecule has 4 rings (SSSR count). The van der Waals surface area contributed by atoms with Gasteiger partial charge in [0.25, 0.3) is 15.9 Å². The molecule has 0 radical (unpaired) electrons. The fraction of sp³-hybridized carbons (Fsp3) is 0.250. The van der Waals surface area contributed by atoms with Crippen molar-refractivity contribution in [2.45, 2.75) is 24.2 Å². The molecule has 0 aliphatic carbocycles. The molecule has 1 aromatic heterocycles. The van der Waals surface area contributed by atoms with Crippen molar-refractivity contribution >= 4 is 33.1 Å². The second-order valence-corrected chi connectivity index (χ2v) is 9.39. The van der Waals surface area contributed by atoms with Gasteiger partial charge in [-0.3, -0.25) is 9.52 Å². The van der Waals surface area contributed by atoms with Gasteiger partial charge < -0.3 is 15.0 Å². The van der Waals surface area contributed by atoms with Gasteiger partial charge in [0.2, 0.25) is 0 Å². The van der Waals surface area contributed by atoms with Gasteiger partial charge in [0, 0.05) is 24.8 Å². The molecular formula is C24H26N4O4S. The third-order valence-electron chi connectivity index (χ3n) is 5.45. The number of hydrogen-bond acceptors (Lipinski definition) is 6. The fourth-order valence-electron chi connectivity index (χ4n) is 3.78. The normalized spacial score (nSPS) is 13.9. The van der Waals surface area contributed by atoms with Crippen molar-refractivity contribution in [1.29, 1.82) is 0 Å². The Morgan fingerprint density at radius 1 is 0.970 bits per heavy atom. The number of nitrogens with zero attached hydrogens (tertiary/aromatic N) is 2. The highest BCUT2D eigenvalue weighted by Gasteiger charge is 2.20. The molecule has 2 heterocycles. The summed E-state index contributed by atoms with van der Waals surface area (Å²) in [6, 6.07) is 16.2. The predicted octanol–water partition coefficient (Wildman–Crippen LogP) is 4.13. The van der Waals surface area contributed by atoms with E-state index in [9.17, 15) is 13.2 Å². The second-order valence-electron chi connectivity index (χ2n) is 7.71. The van der Waals surface area contributed by atoms with Crippen LogP contribution in [-0.4, -0.2) is 39.5 Å². The third kappa shape index (κ3) is 5.25. The first kappa shape index (κ1) is 22.6. The van der Waals surface area contributed by atoms with Gasteiger partial charge in [-0.1, -0.05) is 18.2 Å². The molecule has 1 aliphatic heterocycles. The summed E-state index contributed by atoms with van der Waals surface area (Å²) < 4.78 is 33.6. The number of nitrogens with one attached hydrogen (secondary N) is 2. The second kappa shape index (κ2) is 9.91. The molecule has 9 heteroatoms. The molecule has 3 aromatic rings. The van der Waals surface area contributed by atoms with Crippen molar-refractivity contribution in [1.82, 2.24) is 4.98 Å². The van der Waals surface area contributed by atoms with E-state index in [4.69, 9.17) is 4.74 Å². The molecule has 0 unspecified atom stereocenters. The van der Waals surface area contributed by atoms with Crippen LogP contribution in [0.25, 0.3) is 0 Å². The predicted molar refractivity (Wildman–Crippen MR) is 128 cm³/mol. The molecular weight excluding hydrogens is 440 g/mol. The van der Waals surface area contributed by atoms with Gasteiger partial charge in [-0.2, -0.15) is 0 Å². The van der Waals surface area contributed by atoms with E-state index >= 15 is 0 Å². The number of carbonyl (C=O) groups excluding carboxylic acids is 1. The lowest BCUT2D eigenvalue weighted by Gasteiger charge is -2.29. The zero-order chi connectivity index (χ0) is 23.3. The number of amides is 1. The van der Waals surface area contributed by atoms with Gasteiger partial charge in [0.05, 0.1) is 23.4 Å². The Labute approximate surface area is 193 Å². The van der Waals surface area contributed by atoms with Crippen LogP contribution in [0, 0.1) is 0 Å². The Kier molecular flexibility index (Phi) is 6.79. The highest BCUT2D eigenvalue weighted by Crippen LogP contribution is 2.28. The van der Waals surface area contributed by atoms with Gasteiger partial charge >= 0.3 is 0 Å². The van der Waals surface area contributed by atoms with E-state index in [0.29, 0.717) is 17.1 Å². The highest BCUT2D eigenvalue weighted by molar-refractivity contribution is 7.92. The number of ether oxygens (including phenoxy) is 1. The summed E-state index contributed by atoms with van der Waals surface area (Å²) in [5.74, 6) is 0.722. The lowest BCUT2D eigenvalue weighted by Crippen LogP contribution is -2.31. The Morgan fingerprint density at radius 3 is 2.52 bits per heavy atom. The Hall–Kier alpha value is -3.59. The number of benzene rings is 2. The smallest absolute Gasteiger partial charge is 0.262 e. The van der Waals surface area contributed by atoms with E-state index in [-0.39, 0.29) is 10.5 Å². The SMILES string of the molecule is COc1ccccc1NS(=O)(=O)c1cccc(C(=O)Nc2cccnc2N2CCCCC2)c1. The van der Waals surface area contributed by atoms with Crippen molar-refractivity contribution in [3.8, 4) is 5.75 Å². The standard InChI is InChI=1S/C24H26N4O4S/c1-32-22-13-4-3-11-20(22)27-33(30,31)19-10-7-9-18(17-19)24(29)26-21-12-8-14-25-23(21)28-15-5-2-6-16-28/h3-4,7-14,17,27H,2,5-6,15-16H2,1H3,(H,26,29). The molecule has 33 heavy (non-hydrogen) atoms. The number of anilines is 3. The van der Waals surface area contributed by atoms with E-state index in [1.54, 1.807) is 54.7 Å². The summed E-state index contributed by atoms with van der Waals surface area (Å²) >= 11 is 0. The van der Waals surface area contributed by atoms with E-state index in [1.165, 1.54) is 25.7 Å². The molecule has 172 valence electrons. The number of piperidine rings is 1. The molecule has 8 nitrogen and oxygen atoms in total. The number of sulfonamides is 1. The molecule has 2 N–H and O–H groups in total. The van der Waals surface area contributed by atoms with Crippen LogP contribution in [0.5, 0.6) is 5.75 Å². The molecule has 1 saturated heterocycles. The molecule has 1 fully saturated rings. The average Bonchev–Trinajstić information content (AvgIpc) is 2.85. The Bertz CT molecular complexity index is 1240. The number of rotatable bonds is 7. The van der Waals surface area contributed by atoms with Crippen LogP contribution in [-0.2, 0) is 10.0 Å². The maximum absolute atomic E-state index is 13.0. The summed E-state index contributed by atoms with van der Waals surface area (Å²) in [6.45, 7) is 1.78. The quantitative estimate of drug-likeness (QED) is 0.543. The van der Waals surface area contributed by atoms with Crippen molar-refractivity contribution in [2.75, 3.05) is 35.1 Å². The minimum atomic E-state index is -3.93. The van der Waals surface area contributed by atoms with Crippen molar-refractivity contribution in [3.05, 3.63) is 72.4 Å². The van der Waals surface area contributed by atoms with Gasteiger partial charge in [-0.25, -0.2) is 13.4 Å². The fourth-order valence-corrected chi connectivity index (χ4v) is 4.90. The lowest BCUT2D eigenvalue weighted by molar-refractivity contribution is 0.102. The first-order valence-corrected chi connectivity index (χ1v) is 12.2. The van der Waals surface area contributed by atoms with E-state index < -0.39 is 15.9 Å². The zero-order valence-electron chi connectivity index (χ0n) is 18.3. The molecule has 0 spiro atoms. The first-order chi connectivity index (χ1) is 16.0. The average molecular weight is 467 g/mol. The molecule has 0 bridgehead atoms. The van der Waals surface area contributed by atoms with Crippen LogP contribution < -0.4 is 19.7 Å². The topological polar surface area (TPSA) is 101 Å². The Balaban J connectivity index is 1.55. The summed E-state index contributed by atoms with van der Waals surface area (Å²) in [4.78, 5) is 19.6. The number of pyridine rings is 1. The van der Waals surface area contributed by atoms with Gasteiger partial charge in [-0.15, -0.1) is 0 Å². The number of para-hydroxylation sites is 2. The number of hydrogen-bond donors (Lipinski definition) is 2. The van der Waals surface area contributed by atoms with Crippen LogP contribution in [0.3, 0.4) is 0 Å². The summed E-state index contributed by atoms with van der Waals surface area (Å²) in [6.07, 6.45) is 5.07.